The van der Waals surface area contributed by atoms with Gasteiger partial charge in [0.15, 0.2) is 6.61 Å². The van der Waals surface area contributed by atoms with Gasteiger partial charge in [-0.15, -0.1) is 0 Å². The predicted octanol–water partition coefficient (Wildman–Crippen LogP) is 4.78. The summed E-state index contributed by atoms with van der Waals surface area (Å²) in [5.41, 5.74) is 2.69. The summed E-state index contributed by atoms with van der Waals surface area (Å²) < 4.78 is 6.69. The molecule has 6 heteroatoms. The molecular weight excluding hydrogens is 444 g/mol. The first-order chi connectivity index (χ1) is 13.9. The third kappa shape index (κ3) is 7.48. The second-order valence-corrected chi connectivity index (χ2v) is 9.59. The lowest BCUT2D eigenvalue weighted by Gasteiger charge is -2.31. The molecule has 0 aromatic heterocycles. The third-order valence-electron chi connectivity index (χ3n) is 4.46. The first kappa shape index (κ1) is 23.9. The van der Waals surface area contributed by atoms with Crippen LogP contribution in [0, 0.1) is 13.8 Å². The first-order valence-electron chi connectivity index (χ1n) is 10.0. The van der Waals surface area contributed by atoms with Gasteiger partial charge in [-0.25, -0.2) is 0 Å². The maximum absolute atomic E-state index is 13.1. The lowest BCUT2D eigenvalue weighted by molar-refractivity contribution is -0.142. The highest BCUT2D eigenvalue weighted by Gasteiger charge is 2.28. The Bertz CT molecular complexity index is 885. The molecule has 0 aliphatic rings. The summed E-state index contributed by atoms with van der Waals surface area (Å²) in [4.78, 5) is 27.4. The fourth-order valence-corrected chi connectivity index (χ4v) is 3.58. The van der Waals surface area contributed by atoms with Crippen molar-refractivity contribution in [2.75, 3.05) is 6.61 Å². The van der Waals surface area contributed by atoms with E-state index in [2.05, 4.69) is 21.2 Å². The van der Waals surface area contributed by atoms with Crippen molar-refractivity contribution in [3.05, 3.63) is 63.6 Å². The number of benzene rings is 2. The zero-order valence-corrected chi connectivity index (χ0v) is 20.2. The van der Waals surface area contributed by atoms with Gasteiger partial charge in [0.25, 0.3) is 5.91 Å². The monoisotopic (exact) mass is 474 g/mol. The van der Waals surface area contributed by atoms with Crippen molar-refractivity contribution in [1.29, 1.82) is 0 Å². The average molecular weight is 475 g/mol. The van der Waals surface area contributed by atoms with E-state index in [9.17, 15) is 9.59 Å². The molecule has 0 fully saturated rings. The number of hydrogen-bond donors (Lipinski definition) is 1. The maximum atomic E-state index is 13.1. The molecule has 1 unspecified atom stereocenters. The summed E-state index contributed by atoms with van der Waals surface area (Å²) in [6.45, 7) is 11.6. The van der Waals surface area contributed by atoms with Gasteiger partial charge in [0.05, 0.1) is 0 Å². The number of amides is 2. The van der Waals surface area contributed by atoms with E-state index in [1.54, 1.807) is 11.8 Å². The van der Waals surface area contributed by atoms with E-state index in [0.29, 0.717) is 12.3 Å². The molecule has 2 aromatic rings. The molecule has 0 aliphatic carbocycles. The number of nitrogens with one attached hydrogen (secondary N) is 1. The van der Waals surface area contributed by atoms with Crippen LogP contribution in [0.1, 0.15) is 44.4 Å². The van der Waals surface area contributed by atoms with E-state index >= 15 is 0 Å². The molecule has 2 aromatic carbocycles. The molecule has 5 nitrogen and oxygen atoms in total. The van der Waals surface area contributed by atoms with Crippen LogP contribution in [0.5, 0.6) is 5.75 Å². The van der Waals surface area contributed by atoms with Crippen LogP contribution in [0.4, 0.5) is 0 Å². The second kappa shape index (κ2) is 10.1. The minimum Gasteiger partial charge on any atom is -0.484 e. The van der Waals surface area contributed by atoms with Crippen molar-refractivity contribution in [3.8, 4) is 5.75 Å². The summed E-state index contributed by atoms with van der Waals surface area (Å²) in [6, 6.07) is 12.9. The Labute approximate surface area is 187 Å². The molecule has 0 heterocycles. The van der Waals surface area contributed by atoms with Gasteiger partial charge in [-0.2, -0.15) is 0 Å². The van der Waals surface area contributed by atoms with Crippen LogP contribution < -0.4 is 10.1 Å². The molecule has 2 rings (SSSR count). The fourth-order valence-electron chi connectivity index (χ4n) is 3.13. The Morgan fingerprint density at radius 2 is 1.73 bits per heavy atom. The van der Waals surface area contributed by atoms with Gasteiger partial charge in [-0.3, -0.25) is 9.59 Å². The van der Waals surface area contributed by atoms with Crippen LogP contribution in [0.25, 0.3) is 0 Å². The van der Waals surface area contributed by atoms with E-state index in [1.165, 1.54) is 0 Å². The van der Waals surface area contributed by atoms with Crippen LogP contribution in [0.3, 0.4) is 0 Å². The molecule has 0 saturated heterocycles. The van der Waals surface area contributed by atoms with Crippen molar-refractivity contribution in [3.63, 3.8) is 0 Å². The highest BCUT2D eigenvalue weighted by atomic mass is 79.9. The van der Waals surface area contributed by atoms with Gasteiger partial charge in [0, 0.05) is 16.6 Å². The van der Waals surface area contributed by atoms with Crippen molar-refractivity contribution in [2.45, 2.75) is 59.7 Å². The quantitative estimate of drug-likeness (QED) is 0.628. The number of nitrogens with zero attached hydrogens (tertiary/aromatic N) is 1. The summed E-state index contributed by atoms with van der Waals surface area (Å²) >= 11 is 3.46. The zero-order chi connectivity index (χ0) is 22.5. The minimum absolute atomic E-state index is 0.135. The Kier molecular flexibility index (Phi) is 8.07. The number of hydrogen-bond acceptors (Lipinski definition) is 3. The van der Waals surface area contributed by atoms with E-state index in [-0.39, 0.29) is 24.0 Å². The number of halogens is 1. The lowest BCUT2D eigenvalue weighted by atomic mass is 10.1. The average Bonchev–Trinajstić information content (AvgIpc) is 2.61. The topological polar surface area (TPSA) is 58.6 Å². The van der Waals surface area contributed by atoms with Gasteiger partial charge < -0.3 is 15.0 Å². The molecule has 0 bridgehead atoms. The smallest absolute Gasteiger partial charge is 0.261 e. The molecule has 0 aliphatic heterocycles. The number of aryl methyl sites for hydroxylation is 2. The molecular formula is C24H31BrN2O3. The normalized spacial score (nSPS) is 12.2. The summed E-state index contributed by atoms with van der Waals surface area (Å²) in [5.74, 6) is 0.206. The van der Waals surface area contributed by atoms with E-state index in [4.69, 9.17) is 4.74 Å². The van der Waals surface area contributed by atoms with Crippen molar-refractivity contribution in [2.24, 2.45) is 0 Å². The molecule has 1 atom stereocenters. The predicted molar refractivity (Wildman–Crippen MR) is 123 cm³/mol. The maximum Gasteiger partial charge on any atom is 0.261 e. The van der Waals surface area contributed by atoms with Crippen molar-refractivity contribution in [1.82, 2.24) is 10.2 Å². The van der Waals surface area contributed by atoms with Crippen LogP contribution in [0.2, 0.25) is 0 Å². The van der Waals surface area contributed by atoms with Gasteiger partial charge in [-0.1, -0.05) is 34.1 Å². The van der Waals surface area contributed by atoms with Crippen molar-refractivity contribution < 1.29 is 14.3 Å². The summed E-state index contributed by atoms with van der Waals surface area (Å²) in [7, 11) is 0. The SMILES string of the molecule is Cc1cc(C)cc(OCC(=O)N(Cc2cccc(Br)c2)C(C)C(=O)NC(C)(C)C)c1. The molecule has 30 heavy (non-hydrogen) atoms. The third-order valence-corrected chi connectivity index (χ3v) is 4.96. The summed E-state index contributed by atoms with van der Waals surface area (Å²) in [5, 5.41) is 2.96. The van der Waals surface area contributed by atoms with Gasteiger partial charge >= 0.3 is 0 Å². The number of carbonyl (C=O) groups is 2. The molecule has 162 valence electrons. The van der Waals surface area contributed by atoms with E-state index in [0.717, 1.165) is 21.2 Å². The molecule has 0 spiro atoms. The molecule has 0 radical (unpaired) electrons. The number of carbonyl (C=O) groups excluding carboxylic acids is 2. The highest BCUT2D eigenvalue weighted by molar-refractivity contribution is 9.10. The van der Waals surface area contributed by atoms with Crippen LogP contribution in [0.15, 0.2) is 46.9 Å². The van der Waals surface area contributed by atoms with Crippen LogP contribution in [-0.4, -0.2) is 34.9 Å². The fraction of sp³-hybridized carbons (Fsp3) is 0.417. The van der Waals surface area contributed by atoms with Crippen LogP contribution >= 0.6 is 15.9 Å². The Balaban J connectivity index is 2.20. The zero-order valence-electron chi connectivity index (χ0n) is 18.6. The Morgan fingerprint density at radius 1 is 1.10 bits per heavy atom. The standard InChI is InChI=1S/C24H31BrN2O3/c1-16-10-17(2)12-21(11-16)30-15-22(28)27(14-19-8-7-9-20(25)13-19)18(3)23(29)26-24(4,5)6/h7-13,18H,14-15H2,1-6H3,(H,26,29). The van der Waals surface area contributed by atoms with E-state index < -0.39 is 6.04 Å². The molecule has 0 saturated carbocycles. The van der Waals surface area contributed by atoms with Gasteiger partial charge in [-0.05, 0) is 82.5 Å². The second-order valence-electron chi connectivity index (χ2n) is 8.68. The Morgan fingerprint density at radius 3 is 2.30 bits per heavy atom. The van der Waals surface area contributed by atoms with Gasteiger partial charge in [0.1, 0.15) is 11.8 Å². The minimum atomic E-state index is -0.640. The van der Waals surface area contributed by atoms with E-state index in [1.807, 2.05) is 77.1 Å². The van der Waals surface area contributed by atoms with Gasteiger partial charge in [0.2, 0.25) is 5.91 Å². The molecule has 1 N–H and O–H groups in total. The Hall–Kier alpha value is -2.34. The first-order valence-corrected chi connectivity index (χ1v) is 10.8. The largest absolute Gasteiger partial charge is 0.484 e. The highest BCUT2D eigenvalue weighted by Crippen LogP contribution is 2.18. The molecule has 2 amide bonds. The van der Waals surface area contributed by atoms with Crippen molar-refractivity contribution >= 4 is 27.7 Å². The lowest BCUT2D eigenvalue weighted by Crippen LogP contribution is -2.53. The number of ether oxygens (including phenoxy) is 1. The number of rotatable bonds is 7. The summed E-state index contributed by atoms with van der Waals surface area (Å²) in [6.07, 6.45) is 0. The van der Waals surface area contributed by atoms with Crippen LogP contribution in [-0.2, 0) is 16.1 Å².